The average Bonchev–Trinajstić information content (AvgIpc) is 2.02. The smallest absolute Gasteiger partial charge is 0.130 e. The molecule has 14 heavy (non-hydrogen) atoms. The number of carbonyl (C=O) groups is 1. The van der Waals surface area contributed by atoms with Gasteiger partial charge >= 0.3 is 0 Å². The highest BCUT2D eigenvalue weighted by atomic mass is 16.1. The average molecular weight is 191 g/mol. The van der Waals surface area contributed by atoms with E-state index < -0.39 is 0 Å². The number of ketones is 1. The van der Waals surface area contributed by atoms with Gasteiger partial charge in [0.05, 0.1) is 0 Å². The quantitative estimate of drug-likeness (QED) is 0.732. The fourth-order valence-corrected chi connectivity index (χ4v) is 1.79. The Morgan fingerprint density at radius 1 is 1.36 bits per heavy atom. The van der Waals surface area contributed by atoms with E-state index in [4.69, 9.17) is 0 Å². The first-order chi connectivity index (χ1) is 6.49. The molecule has 0 radical (unpaired) electrons. The van der Waals surface area contributed by atoms with Crippen LogP contribution in [0.4, 0.5) is 0 Å². The zero-order valence-electron chi connectivity index (χ0n) is 9.08. The van der Waals surface area contributed by atoms with Crippen LogP contribution in [0.2, 0.25) is 0 Å². The molecule has 0 spiro atoms. The van der Waals surface area contributed by atoms with Gasteiger partial charge in [-0.3, -0.25) is 4.98 Å². The molecule has 0 aromatic carbocycles. The number of carbonyl (C=O) groups excluding carboxylic acids is 1. The van der Waals surface area contributed by atoms with Crippen molar-refractivity contribution in [2.45, 2.75) is 33.6 Å². The summed E-state index contributed by atoms with van der Waals surface area (Å²) in [6, 6.07) is 4.00. The Hall–Kier alpha value is -1.18. The molecule has 0 N–H and O–H groups in total. The molecule has 0 aliphatic rings. The third-order valence-corrected chi connectivity index (χ3v) is 2.16. The first kappa shape index (κ1) is 10.9. The van der Waals surface area contributed by atoms with Gasteiger partial charge in [0.25, 0.3) is 0 Å². The van der Waals surface area contributed by atoms with E-state index in [1.165, 1.54) is 5.56 Å². The molecule has 2 nitrogen and oxygen atoms in total. The monoisotopic (exact) mass is 191 g/mol. The second kappa shape index (κ2) is 4.36. The van der Waals surface area contributed by atoms with Crippen molar-refractivity contribution in [3.05, 3.63) is 30.1 Å². The molecular formula is C12H17NO. The van der Waals surface area contributed by atoms with Crippen molar-refractivity contribution in [3.8, 4) is 0 Å². The van der Waals surface area contributed by atoms with Gasteiger partial charge in [0.15, 0.2) is 0 Å². The molecule has 0 aliphatic heterocycles. The number of hydrogen-bond acceptors (Lipinski definition) is 2. The molecule has 0 atom stereocenters. The van der Waals surface area contributed by atoms with E-state index in [0.29, 0.717) is 6.42 Å². The van der Waals surface area contributed by atoms with Crippen molar-refractivity contribution in [1.82, 2.24) is 4.98 Å². The number of Topliss-reactive ketones (excluding diaryl/α,β-unsaturated/α-hetero) is 1. The topological polar surface area (TPSA) is 30.0 Å². The van der Waals surface area contributed by atoms with Crippen molar-refractivity contribution >= 4 is 5.78 Å². The normalized spacial score (nSPS) is 11.4. The Kier molecular flexibility index (Phi) is 3.39. The summed E-state index contributed by atoms with van der Waals surface area (Å²) in [5.74, 6) is 0.254. The predicted molar refractivity (Wildman–Crippen MR) is 57.0 cm³/mol. The highest BCUT2D eigenvalue weighted by Crippen LogP contribution is 2.25. The van der Waals surface area contributed by atoms with E-state index in [2.05, 4.69) is 18.8 Å². The molecule has 0 unspecified atom stereocenters. The van der Waals surface area contributed by atoms with Crippen LogP contribution < -0.4 is 0 Å². The van der Waals surface area contributed by atoms with Crippen molar-refractivity contribution in [2.75, 3.05) is 0 Å². The van der Waals surface area contributed by atoms with Crippen molar-refractivity contribution in [3.63, 3.8) is 0 Å². The van der Waals surface area contributed by atoms with Crippen LogP contribution in [0.15, 0.2) is 24.5 Å². The van der Waals surface area contributed by atoms with E-state index in [9.17, 15) is 4.79 Å². The fourth-order valence-electron chi connectivity index (χ4n) is 1.79. The Labute approximate surface area is 85.4 Å². The van der Waals surface area contributed by atoms with Gasteiger partial charge in [-0.05, 0) is 36.5 Å². The zero-order valence-corrected chi connectivity index (χ0v) is 9.08. The zero-order chi connectivity index (χ0) is 10.6. The van der Waals surface area contributed by atoms with Gasteiger partial charge in [-0.1, -0.05) is 13.8 Å². The van der Waals surface area contributed by atoms with Crippen LogP contribution in [0.3, 0.4) is 0 Å². The molecule has 1 aromatic heterocycles. The van der Waals surface area contributed by atoms with Crippen LogP contribution >= 0.6 is 0 Å². The van der Waals surface area contributed by atoms with E-state index >= 15 is 0 Å². The second-order valence-corrected chi connectivity index (χ2v) is 4.58. The van der Waals surface area contributed by atoms with Crippen molar-refractivity contribution in [2.24, 2.45) is 5.41 Å². The maximum absolute atomic E-state index is 11.0. The summed E-state index contributed by atoms with van der Waals surface area (Å²) in [5, 5.41) is 0. The van der Waals surface area contributed by atoms with Gasteiger partial charge in [0.1, 0.15) is 5.78 Å². The highest BCUT2D eigenvalue weighted by Gasteiger charge is 2.20. The lowest BCUT2D eigenvalue weighted by molar-refractivity contribution is -0.118. The standard InChI is InChI=1S/C12H17NO/c1-10(14)8-12(2,3)9-11-4-6-13-7-5-11/h4-7H,8-9H2,1-3H3. The Bertz CT molecular complexity index is 303. The molecule has 0 saturated heterocycles. The lowest BCUT2D eigenvalue weighted by atomic mass is 9.82. The molecule has 76 valence electrons. The molecule has 1 aromatic rings. The third-order valence-electron chi connectivity index (χ3n) is 2.16. The summed E-state index contributed by atoms with van der Waals surface area (Å²) in [7, 11) is 0. The molecule has 2 heteroatoms. The number of nitrogens with zero attached hydrogens (tertiary/aromatic N) is 1. The fraction of sp³-hybridized carbons (Fsp3) is 0.500. The summed E-state index contributed by atoms with van der Waals surface area (Å²) < 4.78 is 0. The maximum Gasteiger partial charge on any atom is 0.130 e. The molecule has 0 aliphatic carbocycles. The molecule has 1 heterocycles. The minimum absolute atomic E-state index is 0.0488. The second-order valence-electron chi connectivity index (χ2n) is 4.58. The SMILES string of the molecule is CC(=O)CC(C)(C)Cc1ccncc1. The lowest BCUT2D eigenvalue weighted by Gasteiger charge is -2.22. The van der Waals surface area contributed by atoms with Gasteiger partial charge in [0.2, 0.25) is 0 Å². The minimum atomic E-state index is 0.0488. The van der Waals surface area contributed by atoms with Crippen LogP contribution in [-0.2, 0) is 11.2 Å². The Balaban J connectivity index is 2.63. The Morgan fingerprint density at radius 2 is 1.93 bits per heavy atom. The van der Waals surface area contributed by atoms with Crippen LogP contribution in [-0.4, -0.2) is 10.8 Å². The van der Waals surface area contributed by atoms with E-state index in [-0.39, 0.29) is 11.2 Å². The van der Waals surface area contributed by atoms with E-state index in [0.717, 1.165) is 6.42 Å². The van der Waals surface area contributed by atoms with Gasteiger partial charge in [-0.15, -0.1) is 0 Å². The van der Waals surface area contributed by atoms with Gasteiger partial charge in [-0.25, -0.2) is 0 Å². The van der Waals surface area contributed by atoms with E-state index in [1.807, 2.05) is 12.1 Å². The largest absolute Gasteiger partial charge is 0.300 e. The third kappa shape index (κ3) is 3.69. The van der Waals surface area contributed by atoms with Crippen LogP contribution in [0.25, 0.3) is 0 Å². The summed E-state index contributed by atoms with van der Waals surface area (Å²) in [5.41, 5.74) is 1.29. The molecular weight excluding hydrogens is 174 g/mol. The summed E-state index contributed by atoms with van der Waals surface area (Å²) in [6.45, 7) is 5.89. The first-order valence-corrected chi connectivity index (χ1v) is 4.88. The van der Waals surface area contributed by atoms with Gasteiger partial charge < -0.3 is 4.79 Å². The summed E-state index contributed by atoms with van der Waals surface area (Å²) >= 11 is 0. The summed E-state index contributed by atoms with van der Waals surface area (Å²) in [4.78, 5) is 15.0. The maximum atomic E-state index is 11.0. The van der Waals surface area contributed by atoms with Crippen LogP contribution in [0.5, 0.6) is 0 Å². The first-order valence-electron chi connectivity index (χ1n) is 4.88. The minimum Gasteiger partial charge on any atom is -0.300 e. The molecule has 1 rings (SSSR count). The molecule has 0 fully saturated rings. The van der Waals surface area contributed by atoms with Crippen LogP contribution in [0, 0.1) is 5.41 Å². The molecule has 0 bridgehead atoms. The number of rotatable bonds is 4. The van der Waals surface area contributed by atoms with E-state index in [1.54, 1.807) is 19.3 Å². The molecule has 0 amide bonds. The van der Waals surface area contributed by atoms with Crippen LogP contribution in [0.1, 0.15) is 32.8 Å². The molecule has 0 saturated carbocycles. The van der Waals surface area contributed by atoms with Crippen molar-refractivity contribution < 1.29 is 4.79 Å². The Morgan fingerprint density at radius 3 is 2.43 bits per heavy atom. The highest BCUT2D eigenvalue weighted by molar-refractivity contribution is 5.76. The lowest BCUT2D eigenvalue weighted by Crippen LogP contribution is -2.18. The number of aromatic nitrogens is 1. The predicted octanol–water partition coefficient (Wildman–Crippen LogP) is 2.63. The number of pyridine rings is 1. The van der Waals surface area contributed by atoms with Gasteiger partial charge in [0, 0.05) is 18.8 Å². The number of hydrogen-bond donors (Lipinski definition) is 0. The summed E-state index contributed by atoms with van der Waals surface area (Å²) in [6.07, 6.45) is 5.14. The van der Waals surface area contributed by atoms with Gasteiger partial charge in [-0.2, -0.15) is 0 Å². The van der Waals surface area contributed by atoms with Crippen molar-refractivity contribution in [1.29, 1.82) is 0 Å².